The zero-order chi connectivity index (χ0) is 27.4. The third-order valence-electron chi connectivity index (χ3n) is 6.27. The van der Waals surface area contributed by atoms with Gasteiger partial charge in [0.05, 0.1) is 65.0 Å². The molecular formula is C28H28N2O8. The number of methoxy groups -OCH3 is 5. The van der Waals surface area contributed by atoms with Crippen LogP contribution in [0, 0.1) is 0 Å². The molecule has 0 aliphatic carbocycles. The molecule has 10 nitrogen and oxygen atoms in total. The number of hydrogen-bond acceptors (Lipinski definition) is 9. The number of Topliss-reactive ketones (excluding diaryl/α,β-unsaturated/α-hetero) is 1. The maximum Gasteiger partial charge on any atom is 0.296 e. The zero-order valence-electron chi connectivity index (χ0n) is 21.7. The molecule has 1 aliphatic rings. The van der Waals surface area contributed by atoms with Crippen LogP contribution >= 0.6 is 0 Å². The topological polar surface area (TPSA) is 117 Å². The van der Waals surface area contributed by atoms with E-state index in [2.05, 4.69) is 4.98 Å². The van der Waals surface area contributed by atoms with Crippen LogP contribution in [0.15, 0.2) is 60.3 Å². The Morgan fingerprint density at radius 2 is 1.55 bits per heavy atom. The van der Waals surface area contributed by atoms with Crippen LogP contribution in [0.2, 0.25) is 0 Å². The molecule has 1 aromatic heterocycles. The number of ketones is 1. The van der Waals surface area contributed by atoms with Crippen molar-refractivity contribution in [2.45, 2.75) is 12.6 Å². The molecule has 4 rings (SSSR count). The Bertz CT molecular complexity index is 1360. The molecule has 10 heteroatoms. The fourth-order valence-corrected chi connectivity index (χ4v) is 4.45. The molecule has 2 aromatic carbocycles. The summed E-state index contributed by atoms with van der Waals surface area (Å²) in [6.07, 6.45) is 1.60. The monoisotopic (exact) mass is 520 g/mol. The van der Waals surface area contributed by atoms with E-state index in [0.717, 1.165) is 0 Å². The van der Waals surface area contributed by atoms with Crippen LogP contribution < -0.4 is 23.7 Å². The van der Waals surface area contributed by atoms with E-state index in [0.29, 0.717) is 34.3 Å². The summed E-state index contributed by atoms with van der Waals surface area (Å²) in [5.74, 6) is -0.280. The third-order valence-corrected chi connectivity index (χ3v) is 6.27. The maximum absolute atomic E-state index is 13.5. The number of nitrogens with zero attached hydrogens (tertiary/aromatic N) is 2. The van der Waals surface area contributed by atoms with E-state index in [1.165, 1.54) is 40.4 Å². The number of aromatic nitrogens is 1. The van der Waals surface area contributed by atoms with Crippen molar-refractivity contribution >= 4 is 17.4 Å². The van der Waals surface area contributed by atoms with Crippen molar-refractivity contribution in [1.82, 2.24) is 9.88 Å². The van der Waals surface area contributed by atoms with E-state index in [-0.39, 0.29) is 23.4 Å². The van der Waals surface area contributed by atoms with Gasteiger partial charge in [-0.15, -0.1) is 0 Å². The lowest BCUT2D eigenvalue weighted by atomic mass is 9.94. The summed E-state index contributed by atoms with van der Waals surface area (Å²) >= 11 is 0. The van der Waals surface area contributed by atoms with Crippen LogP contribution in [0.3, 0.4) is 0 Å². The van der Waals surface area contributed by atoms with Crippen molar-refractivity contribution in [2.75, 3.05) is 35.5 Å². The van der Waals surface area contributed by atoms with Crippen LogP contribution in [0.4, 0.5) is 0 Å². The molecule has 3 aromatic rings. The summed E-state index contributed by atoms with van der Waals surface area (Å²) < 4.78 is 27.2. The van der Waals surface area contributed by atoms with Gasteiger partial charge in [-0.1, -0.05) is 6.07 Å². The summed E-state index contributed by atoms with van der Waals surface area (Å²) in [7, 11) is 7.34. The first kappa shape index (κ1) is 26.3. The highest BCUT2D eigenvalue weighted by Crippen LogP contribution is 2.46. The highest BCUT2D eigenvalue weighted by Gasteiger charge is 2.47. The van der Waals surface area contributed by atoms with Crippen molar-refractivity contribution in [1.29, 1.82) is 0 Å². The van der Waals surface area contributed by atoms with Gasteiger partial charge in [0.25, 0.3) is 11.7 Å². The minimum atomic E-state index is -1.00. The number of likely N-dealkylation sites (tertiary alicyclic amines) is 1. The Hall–Kier alpha value is -4.73. The second-order valence-corrected chi connectivity index (χ2v) is 8.27. The highest BCUT2D eigenvalue weighted by molar-refractivity contribution is 6.46. The lowest BCUT2D eigenvalue weighted by Gasteiger charge is -2.26. The smallest absolute Gasteiger partial charge is 0.296 e. The number of aliphatic hydroxyl groups is 1. The predicted octanol–water partition coefficient (Wildman–Crippen LogP) is 3.75. The molecule has 0 spiro atoms. The molecule has 0 saturated carbocycles. The minimum Gasteiger partial charge on any atom is -0.507 e. The molecule has 1 amide bonds. The number of rotatable bonds is 9. The average Bonchev–Trinajstić information content (AvgIpc) is 3.20. The number of ether oxygens (including phenoxy) is 5. The Morgan fingerprint density at radius 1 is 0.868 bits per heavy atom. The van der Waals surface area contributed by atoms with Gasteiger partial charge in [0.1, 0.15) is 17.3 Å². The van der Waals surface area contributed by atoms with Gasteiger partial charge in [-0.3, -0.25) is 14.6 Å². The quantitative estimate of drug-likeness (QED) is 0.256. The molecule has 1 unspecified atom stereocenters. The second-order valence-electron chi connectivity index (χ2n) is 8.27. The van der Waals surface area contributed by atoms with Gasteiger partial charge in [-0.25, -0.2) is 0 Å². The van der Waals surface area contributed by atoms with Gasteiger partial charge in [-0.05, 0) is 42.0 Å². The fourth-order valence-electron chi connectivity index (χ4n) is 4.45. The Balaban J connectivity index is 1.97. The molecule has 1 atom stereocenters. The lowest BCUT2D eigenvalue weighted by Crippen LogP contribution is -2.29. The van der Waals surface area contributed by atoms with Crippen LogP contribution in [-0.2, 0) is 16.1 Å². The van der Waals surface area contributed by atoms with Crippen molar-refractivity contribution in [3.63, 3.8) is 0 Å². The lowest BCUT2D eigenvalue weighted by molar-refractivity contribution is -0.140. The van der Waals surface area contributed by atoms with E-state index in [4.69, 9.17) is 23.7 Å². The van der Waals surface area contributed by atoms with Crippen LogP contribution in [0.1, 0.15) is 22.9 Å². The zero-order valence-corrected chi connectivity index (χ0v) is 21.7. The van der Waals surface area contributed by atoms with Gasteiger partial charge >= 0.3 is 0 Å². The predicted molar refractivity (Wildman–Crippen MR) is 138 cm³/mol. The average molecular weight is 521 g/mol. The van der Waals surface area contributed by atoms with E-state index >= 15 is 0 Å². The molecule has 198 valence electrons. The second kappa shape index (κ2) is 11.1. The molecule has 1 saturated heterocycles. The van der Waals surface area contributed by atoms with E-state index in [9.17, 15) is 14.7 Å². The van der Waals surface area contributed by atoms with Crippen molar-refractivity contribution < 1.29 is 38.4 Å². The van der Waals surface area contributed by atoms with E-state index < -0.39 is 23.5 Å². The highest BCUT2D eigenvalue weighted by atomic mass is 16.5. The molecule has 0 bridgehead atoms. The Kier molecular flexibility index (Phi) is 7.71. The normalized spacial score (nSPS) is 16.3. The van der Waals surface area contributed by atoms with Crippen molar-refractivity contribution in [3.8, 4) is 28.7 Å². The minimum absolute atomic E-state index is 0.0171. The summed E-state index contributed by atoms with van der Waals surface area (Å²) in [4.78, 5) is 32.5. The number of pyridine rings is 1. The summed E-state index contributed by atoms with van der Waals surface area (Å²) in [5, 5.41) is 11.5. The van der Waals surface area contributed by atoms with E-state index in [1.807, 2.05) is 0 Å². The molecule has 2 heterocycles. The Labute approximate surface area is 220 Å². The first-order valence-corrected chi connectivity index (χ1v) is 11.6. The first-order chi connectivity index (χ1) is 18.4. The van der Waals surface area contributed by atoms with Crippen molar-refractivity contribution in [2.24, 2.45) is 0 Å². The maximum atomic E-state index is 13.5. The molecular weight excluding hydrogens is 492 g/mol. The van der Waals surface area contributed by atoms with Gasteiger partial charge in [0.15, 0.2) is 11.5 Å². The van der Waals surface area contributed by atoms with Crippen molar-refractivity contribution in [3.05, 3.63) is 77.1 Å². The van der Waals surface area contributed by atoms with Crippen LogP contribution in [0.25, 0.3) is 5.76 Å². The van der Waals surface area contributed by atoms with Gasteiger partial charge in [0.2, 0.25) is 5.75 Å². The Morgan fingerprint density at radius 3 is 2.11 bits per heavy atom. The fraction of sp³-hybridized carbons (Fsp3) is 0.250. The molecule has 0 radical (unpaired) electrons. The number of aliphatic hydroxyl groups excluding tert-OH is 1. The summed E-state index contributed by atoms with van der Waals surface area (Å²) in [5.41, 5.74) is 1.13. The largest absolute Gasteiger partial charge is 0.507 e. The number of amides is 1. The van der Waals surface area contributed by atoms with Gasteiger partial charge in [0, 0.05) is 12.3 Å². The standard InChI is InChI=1S/C28H28N2O8/c1-34-18-9-10-19(20(14-18)35-2)25(31)23-24(16-12-21(36-3)27(38-5)22(13-16)37-4)30(28(33)26(23)32)15-17-8-6-7-11-29-17/h6-14,24,31H,15H2,1-5H3/b25-23+. The van der Waals surface area contributed by atoms with E-state index in [1.54, 1.807) is 54.7 Å². The number of benzene rings is 2. The summed E-state index contributed by atoms with van der Waals surface area (Å²) in [6, 6.07) is 12.3. The molecule has 38 heavy (non-hydrogen) atoms. The van der Waals surface area contributed by atoms with Gasteiger partial charge < -0.3 is 33.7 Å². The summed E-state index contributed by atoms with van der Waals surface area (Å²) in [6.45, 7) is 0.0171. The number of carbonyl (C=O) groups is 2. The number of hydrogen-bond donors (Lipinski definition) is 1. The number of carbonyl (C=O) groups excluding carboxylic acids is 2. The van der Waals surface area contributed by atoms with Crippen LogP contribution in [-0.4, -0.2) is 62.2 Å². The third kappa shape index (κ3) is 4.68. The first-order valence-electron chi connectivity index (χ1n) is 11.6. The molecule has 1 aliphatic heterocycles. The van der Waals surface area contributed by atoms with Gasteiger partial charge in [-0.2, -0.15) is 0 Å². The molecule has 1 N–H and O–H groups in total. The van der Waals surface area contributed by atoms with Crippen LogP contribution in [0.5, 0.6) is 28.7 Å². The SMILES string of the molecule is COc1ccc(/C(O)=C2\C(=O)C(=O)N(Cc3ccccn3)C2c2cc(OC)c(OC)c(OC)c2)c(OC)c1. The molecule has 1 fully saturated rings.